The van der Waals surface area contributed by atoms with E-state index in [1.54, 1.807) is 24.5 Å². The second kappa shape index (κ2) is 6.68. The standard InChI is InChI=1S/C17H18FNO3S/c1-17(11-21-10-12-4-3-5-13(18)8-12)9-14(19-22-17)16-15(20-2)6-7-23-16/h3-8H,9-11H2,1-2H3. The first kappa shape index (κ1) is 16.0. The maximum Gasteiger partial charge on any atom is 0.163 e. The van der Waals surface area contributed by atoms with Crippen molar-refractivity contribution in [3.63, 3.8) is 0 Å². The minimum absolute atomic E-state index is 0.259. The lowest BCUT2D eigenvalue weighted by atomic mass is 10.00. The van der Waals surface area contributed by atoms with Crippen LogP contribution in [0.4, 0.5) is 4.39 Å². The molecule has 0 saturated carbocycles. The van der Waals surface area contributed by atoms with Gasteiger partial charge in [0.05, 0.1) is 25.2 Å². The zero-order chi connectivity index (χ0) is 16.3. The van der Waals surface area contributed by atoms with Crippen molar-refractivity contribution in [3.05, 3.63) is 52.0 Å². The lowest BCUT2D eigenvalue weighted by Crippen LogP contribution is -2.31. The molecule has 0 aliphatic carbocycles. The second-order valence-electron chi connectivity index (χ2n) is 5.70. The number of methoxy groups -OCH3 is 1. The predicted octanol–water partition coefficient (Wildman–Crippen LogP) is 4.00. The van der Waals surface area contributed by atoms with Crippen molar-refractivity contribution >= 4 is 17.0 Å². The number of benzene rings is 1. The van der Waals surface area contributed by atoms with E-state index >= 15 is 0 Å². The first-order chi connectivity index (χ1) is 11.1. The lowest BCUT2D eigenvalue weighted by Gasteiger charge is -2.21. The average Bonchev–Trinajstić information content (AvgIpc) is 3.14. The van der Waals surface area contributed by atoms with E-state index in [2.05, 4.69) is 5.16 Å². The van der Waals surface area contributed by atoms with Gasteiger partial charge in [0.2, 0.25) is 0 Å². The Morgan fingerprint density at radius 1 is 1.39 bits per heavy atom. The van der Waals surface area contributed by atoms with Crippen LogP contribution in [0.5, 0.6) is 5.75 Å². The Morgan fingerprint density at radius 2 is 2.26 bits per heavy atom. The normalized spacial score (nSPS) is 20.2. The molecule has 0 fully saturated rings. The highest BCUT2D eigenvalue weighted by Crippen LogP contribution is 2.33. The number of ether oxygens (including phenoxy) is 2. The van der Waals surface area contributed by atoms with Gasteiger partial charge in [-0.25, -0.2) is 4.39 Å². The van der Waals surface area contributed by atoms with Crippen LogP contribution in [-0.2, 0) is 16.2 Å². The Labute approximate surface area is 138 Å². The summed E-state index contributed by atoms with van der Waals surface area (Å²) in [5.74, 6) is 0.548. The molecule has 1 aliphatic heterocycles. The number of thiophene rings is 1. The Bertz CT molecular complexity index is 715. The van der Waals surface area contributed by atoms with Crippen molar-refractivity contribution in [1.29, 1.82) is 0 Å². The summed E-state index contributed by atoms with van der Waals surface area (Å²) in [6, 6.07) is 8.31. The number of halogens is 1. The summed E-state index contributed by atoms with van der Waals surface area (Å²) in [4.78, 5) is 6.57. The molecule has 0 bridgehead atoms. The molecule has 3 rings (SSSR count). The topological polar surface area (TPSA) is 40.0 Å². The summed E-state index contributed by atoms with van der Waals surface area (Å²) in [6.07, 6.45) is 0.646. The fraction of sp³-hybridized carbons (Fsp3) is 0.353. The van der Waals surface area contributed by atoms with E-state index in [-0.39, 0.29) is 5.82 Å². The molecule has 2 aromatic rings. The number of rotatable bonds is 6. The van der Waals surface area contributed by atoms with Gasteiger partial charge in [0.25, 0.3) is 0 Å². The van der Waals surface area contributed by atoms with Gasteiger partial charge in [-0.15, -0.1) is 11.3 Å². The van der Waals surface area contributed by atoms with Gasteiger partial charge < -0.3 is 14.3 Å². The third-order valence-corrected chi connectivity index (χ3v) is 4.54. The minimum Gasteiger partial charge on any atom is -0.495 e. The largest absolute Gasteiger partial charge is 0.495 e. The van der Waals surface area contributed by atoms with Crippen molar-refractivity contribution < 1.29 is 18.7 Å². The Morgan fingerprint density at radius 3 is 3.04 bits per heavy atom. The van der Waals surface area contributed by atoms with Crippen LogP contribution in [-0.4, -0.2) is 25.0 Å². The molecule has 0 amide bonds. The molecule has 4 nitrogen and oxygen atoms in total. The van der Waals surface area contributed by atoms with Gasteiger partial charge in [-0.1, -0.05) is 17.3 Å². The zero-order valence-electron chi connectivity index (χ0n) is 13.0. The van der Waals surface area contributed by atoms with Crippen molar-refractivity contribution in [3.8, 4) is 5.75 Å². The summed E-state index contributed by atoms with van der Waals surface area (Å²) in [7, 11) is 1.64. The van der Waals surface area contributed by atoms with Crippen LogP contribution in [0.2, 0.25) is 0 Å². The van der Waals surface area contributed by atoms with Crippen LogP contribution >= 0.6 is 11.3 Å². The minimum atomic E-state index is -0.516. The Kier molecular flexibility index (Phi) is 4.63. The van der Waals surface area contributed by atoms with Gasteiger partial charge in [-0.3, -0.25) is 0 Å². The molecular formula is C17H18FNO3S. The van der Waals surface area contributed by atoms with Gasteiger partial charge in [0.15, 0.2) is 5.60 Å². The molecule has 0 N–H and O–H groups in total. The lowest BCUT2D eigenvalue weighted by molar-refractivity contribution is -0.0709. The molecule has 1 aromatic carbocycles. The highest BCUT2D eigenvalue weighted by Gasteiger charge is 2.36. The van der Waals surface area contributed by atoms with Crippen LogP contribution in [0, 0.1) is 5.82 Å². The number of oxime groups is 1. The van der Waals surface area contributed by atoms with E-state index in [9.17, 15) is 4.39 Å². The molecule has 0 spiro atoms. The highest BCUT2D eigenvalue weighted by atomic mass is 32.1. The van der Waals surface area contributed by atoms with Gasteiger partial charge in [-0.05, 0) is 36.1 Å². The SMILES string of the molecule is COc1ccsc1C1=NOC(C)(COCc2cccc(F)c2)C1. The van der Waals surface area contributed by atoms with Crippen molar-refractivity contribution in [1.82, 2.24) is 0 Å². The summed E-state index contributed by atoms with van der Waals surface area (Å²) in [6.45, 7) is 2.67. The first-order valence-corrected chi connectivity index (χ1v) is 8.17. The van der Waals surface area contributed by atoms with Gasteiger partial charge in [0.1, 0.15) is 17.3 Å². The Hall–Kier alpha value is -1.92. The molecule has 0 radical (unpaired) electrons. The highest BCUT2D eigenvalue weighted by molar-refractivity contribution is 7.12. The van der Waals surface area contributed by atoms with Crippen LogP contribution in [0.3, 0.4) is 0 Å². The Balaban J connectivity index is 1.56. The molecular weight excluding hydrogens is 317 g/mol. The van der Waals surface area contributed by atoms with Crippen molar-refractivity contribution in [2.75, 3.05) is 13.7 Å². The number of nitrogens with zero attached hydrogens (tertiary/aromatic N) is 1. The van der Waals surface area contributed by atoms with E-state index in [4.69, 9.17) is 14.3 Å². The molecule has 23 heavy (non-hydrogen) atoms. The molecule has 6 heteroatoms. The van der Waals surface area contributed by atoms with Crippen molar-refractivity contribution in [2.45, 2.75) is 25.6 Å². The van der Waals surface area contributed by atoms with Gasteiger partial charge in [-0.2, -0.15) is 0 Å². The summed E-state index contributed by atoms with van der Waals surface area (Å²) >= 11 is 1.58. The molecule has 1 aromatic heterocycles. The first-order valence-electron chi connectivity index (χ1n) is 7.29. The van der Waals surface area contributed by atoms with Crippen LogP contribution in [0.15, 0.2) is 40.9 Å². The van der Waals surface area contributed by atoms with Crippen LogP contribution in [0.25, 0.3) is 0 Å². The zero-order valence-corrected chi connectivity index (χ0v) is 13.9. The van der Waals surface area contributed by atoms with E-state index in [1.807, 2.05) is 24.4 Å². The summed E-state index contributed by atoms with van der Waals surface area (Å²) in [5, 5.41) is 6.15. The molecule has 122 valence electrons. The fourth-order valence-corrected chi connectivity index (χ4v) is 3.30. The van der Waals surface area contributed by atoms with Gasteiger partial charge in [0, 0.05) is 6.42 Å². The smallest absolute Gasteiger partial charge is 0.163 e. The number of hydrogen-bond donors (Lipinski definition) is 0. The van der Waals surface area contributed by atoms with Crippen molar-refractivity contribution in [2.24, 2.45) is 5.16 Å². The third kappa shape index (κ3) is 3.71. The number of hydrogen-bond acceptors (Lipinski definition) is 5. The van der Waals surface area contributed by atoms with E-state index in [1.165, 1.54) is 12.1 Å². The quantitative estimate of drug-likeness (QED) is 0.801. The molecule has 1 unspecified atom stereocenters. The van der Waals surface area contributed by atoms with E-state index in [0.717, 1.165) is 21.9 Å². The summed E-state index contributed by atoms with van der Waals surface area (Å²) in [5.41, 5.74) is 1.15. The van der Waals surface area contributed by atoms with E-state index < -0.39 is 5.60 Å². The molecule has 1 atom stereocenters. The maximum atomic E-state index is 13.1. The molecule has 0 saturated heterocycles. The fourth-order valence-electron chi connectivity index (χ4n) is 2.46. The van der Waals surface area contributed by atoms with E-state index in [0.29, 0.717) is 19.6 Å². The maximum absolute atomic E-state index is 13.1. The summed E-state index contributed by atoms with van der Waals surface area (Å²) < 4.78 is 24.2. The third-order valence-electron chi connectivity index (χ3n) is 3.59. The van der Waals surface area contributed by atoms with Crippen LogP contribution in [0.1, 0.15) is 23.8 Å². The average molecular weight is 335 g/mol. The molecule has 2 heterocycles. The molecule has 1 aliphatic rings. The second-order valence-corrected chi connectivity index (χ2v) is 6.61. The van der Waals surface area contributed by atoms with Crippen LogP contribution < -0.4 is 4.74 Å². The van der Waals surface area contributed by atoms with Gasteiger partial charge >= 0.3 is 0 Å². The monoisotopic (exact) mass is 335 g/mol. The predicted molar refractivity (Wildman–Crippen MR) is 87.6 cm³/mol.